The summed E-state index contributed by atoms with van der Waals surface area (Å²) in [5.74, 6) is 0.611. The Kier molecular flexibility index (Phi) is 7.13. The van der Waals surface area contributed by atoms with E-state index in [0.717, 1.165) is 46.1 Å². The van der Waals surface area contributed by atoms with Crippen LogP contribution in [0, 0.1) is 0 Å². The lowest BCUT2D eigenvalue weighted by Crippen LogP contribution is -2.22. The van der Waals surface area contributed by atoms with Gasteiger partial charge in [-0.3, -0.25) is 4.79 Å². The first kappa shape index (κ1) is 22.7. The van der Waals surface area contributed by atoms with Crippen LogP contribution in [-0.2, 0) is 4.79 Å². The SMILES string of the molecule is CCCCCCNC(=O)/C=C(\C)c1cc2c(-c3ccc4ccccc4c3)coc2cc1OC. The zero-order chi connectivity index (χ0) is 23.2. The van der Waals surface area contributed by atoms with Gasteiger partial charge in [-0.1, -0.05) is 62.6 Å². The average Bonchev–Trinajstić information content (AvgIpc) is 3.25. The molecular weight excluding hydrogens is 410 g/mol. The Balaban J connectivity index is 1.64. The lowest BCUT2D eigenvalue weighted by molar-refractivity contribution is -0.116. The quantitative estimate of drug-likeness (QED) is 0.218. The molecule has 0 saturated carbocycles. The van der Waals surface area contributed by atoms with E-state index in [1.165, 1.54) is 23.6 Å². The normalized spacial score (nSPS) is 11.8. The lowest BCUT2D eigenvalue weighted by Gasteiger charge is -2.10. The molecule has 0 spiro atoms. The van der Waals surface area contributed by atoms with Crippen LogP contribution >= 0.6 is 0 Å². The Morgan fingerprint density at radius 1 is 1.03 bits per heavy atom. The smallest absolute Gasteiger partial charge is 0.244 e. The number of carbonyl (C=O) groups is 1. The van der Waals surface area contributed by atoms with Gasteiger partial charge in [0.2, 0.25) is 5.91 Å². The Hall–Kier alpha value is -3.53. The molecule has 1 amide bonds. The molecule has 0 fully saturated rings. The van der Waals surface area contributed by atoms with Crippen LogP contribution in [0.2, 0.25) is 0 Å². The molecule has 0 saturated heterocycles. The summed E-state index contributed by atoms with van der Waals surface area (Å²) >= 11 is 0. The summed E-state index contributed by atoms with van der Waals surface area (Å²) < 4.78 is 11.5. The van der Waals surface area contributed by atoms with E-state index >= 15 is 0 Å². The number of hydrogen-bond acceptors (Lipinski definition) is 3. The van der Waals surface area contributed by atoms with Gasteiger partial charge in [-0.05, 0) is 47.4 Å². The minimum absolute atomic E-state index is 0.0758. The first-order valence-corrected chi connectivity index (χ1v) is 11.7. The van der Waals surface area contributed by atoms with Crippen LogP contribution < -0.4 is 10.1 Å². The van der Waals surface area contributed by atoms with Crippen molar-refractivity contribution in [1.29, 1.82) is 0 Å². The molecule has 0 aliphatic heterocycles. The molecule has 1 heterocycles. The van der Waals surface area contributed by atoms with Crippen LogP contribution in [0.1, 0.15) is 45.1 Å². The molecule has 0 bridgehead atoms. The fourth-order valence-electron chi connectivity index (χ4n) is 4.20. The molecule has 33 heavy (non-hydrogen) atoms. The standard InChI is InChI=1S/C29H31NO3/c1-4-5-6-9-14-30-29(31)15-20(2)24-17-25-26(19-33-28(25)18-27(24)32-3)23-13-12-21-10-7-8-11-22(21)16-23/h7-8,10-13,15-19H,4-6,9,14H2,1-3H3,(H,30,31)/b20-15+. The van der Waals surface area contributed by atoms with Crippen LogP contribution in [0.3, 0.4) is 0 Å². The Morgan fingerprint density at radius 3 is 2.64 bits per heavy atom. The van der Waals surface area contributed by atoms with Crippen molar-refractivity contribution in [3.05, 3.63) is 72.5 Å². The third-order valence-corrected chi connectivity index (χ3v) is 6.06. The van der Waals surface area contributed by atoms with Crippen LogP contribution in [0.4, 0.5) is 0 Å². The summed E-state index contributed by atoms with van der Waals surface area (Å²) in [6.07, 6.45) is 7.98. The van der Waals surface area contributed by atoms with Crippen molar-refractivity contribution < 1.29 is 13.9 Å². The Morgan fingerprint density at radius 2 is 1.85 bits per heavy atom. The van der Waals surface area contributed by atoms with Crippen molar-refractivity contribution in [1.82, 2.24) is 5.32 Å². The molecule has 0 unspecified atom stereocenters. The molecular formula is C29H31NO3. The number of hydrogen-bond donors (Lipinski definition) is 1. The zero-order valence-corrected chi connectivity index (χ0v) is 19.6. The van der Waals surface area contributed by atoms with Crippen molar-refractivity contribution in [2.45, 2.75) is 39.5 Å². The number of fused-ring (bicyclic) bond motifs is 2. The highest BCUT2D eigenvalue weighted by Crippen LogP contribution is 2.38. The van der Waals surface area contributed by atoms with E-state index in [0.29, 0.717) is 12.3 Å². The van der Waals surface area contributed by atoms with Gasteiger partial charge >= 0.3 is 0 Å². The second-order valence-electron chi connectivity index (χ2n) is 8.44. The molecule has 1 N–H and O–H groups in total. The van der Waals surface area contributed by atoms with Crippen molar-refractivity contribution >= 4 is 33.2 Å². The second kappa shape index (κ2) is 10.4. The molecule has 0 aliphatic carbocycles. The number of unbranched alkanes of at least 4 members (excludes halogenated alkanes) is 3. The van der Waals surface area contributed by atoms with Crippen molar-refractivity contribution in [2.75, 3.05) is 13.7 Å². The number of amides is 1. The number of nitrogens with one attached hydrogen (secondary N) is 1. The first-order chi connectivity index (χ1) is 16.1. The van der Waals surface area contributed by atoms with Gasteiger partial charge in [-0.15, -0.1) is 0 Å². The molecule has 0 aliphatic rings. The average molecular weight is 442 g/mol. The summed E-state index contributed by atoms with van der Waals surface area (Å²) in [5.41, 5.74) is 4.61. The predicted octanol–water partition coefficient (Wildman–Crippen LogP) is 7.36. The molecule has 170 valence electrons. The molecule has 4 aromatic rings. The van der Waals surface area contributed by atoms with Gasteiger partial charge in [0.05, 0.1) is 13.4 Å². The van der Waals surface area contributed by atoms with Gasteiger partial charge in [0.15, 0.2) is 0 Å². The van der Waals surface area contributed by atoms with Gasteiger partial charge in [-0.2, -0.15) is 0 Å². The van der Waals surface area contributed by atoms with E-state index in [-0.39, 0.29) is 5.91 Å². The summed E-state index contributed by atoms with van der Waals surface area (Å²) in [5, 5.41) is 6.38. The van der Waals surface area contributed by atoms with Crippen LogP contribution in [-0.4, -0.2) is 19.6 Å². The third-order valence-electron chi connectivity index (χ3n) is 6.06. The Bertz CT molecular complexity index is 1300. The maximum atomic E-state index is 12.4. The summed E-state index contributed by atoms with van der Waals surface area (Å²) in [7, 11) is 1.64. The second-order valence-corrected chi connectivity index (χ2v) is 8.44. The number of methoxy groups -OCH3 is 1. The number of rotatable bonds is 9. The van der Waals surface area contributed by atoms with Gasteiger partial charge in [-0.25, -0.2) is 0 Å². The predicted molar refractivity (Wildman–Crippen MR) is 137 cm³/mol. The highest BCUT2D eigenvalue weighted by molar-refractivity contribution is 6.01. The summed E-state index contributed by atoms with van der Waals surface area (Å²) in [6.45, 7) is 4.82. The van der Waals surface area contributed by atoms with Crippen LogP contribution in [0.15, 0.2) is 71.4 Å². The van der Waals surface area contributed by atoms with E-state index in [1.54, 1.807) is 19.4 Å². The monoisotopic (exact) mass is 441 g/mol. The lowest BCUT2D eigenvalue weighted by atomic mass is 9.97. The van der Waals surface area contributed by atoms with Crippen molar-refractivity contribution in [2.24, 2.45) is 0 Å². The molecule has 0 radical (unpaired) electrons. The summed E-state index contributed by atoms with van der Waals surface area (Å²) in [4.78, 5) is 12.4. The van der Waals surface area contributed by atoms with Crippen molar-refractivity contribution in [3.63, 3.8) is 0 Å². The molecule has 4 nitrogen and oxygen atoms in total. The van der Waals surface area contributed by atoms with Crippen LogP contribution in [0.5, 0.6) is 5.75 Å². The first-order valence-electron chi connectivity index (χ1n) is 11.7. The number of ether oxygens (including phenoxy) is 1. The maximum Gasteiger partial charge on any atom is 0.244 e. The van der Waals surface area contributed by atoms with Gasteiger partial charge in [0.25, 0.3) is 0 Å². The van der Waals surface area contributed by atoms with Gasteiger partial charge < -0.3 is 14.5 Å². The fraction of sp³-hybridized carbons (Fsp3) is 0.276. The molecule has 4 rings (SSSR count). The molecule has 0 atom stereocenters. The van der Waals surface area contributed by atoms with E-state index in [4.69, 9.17) is 9.15 Å². The van der Waals surface area contributed by atoms with Gasteiger partial charge in [0, 0.05) is 35.2 Å². The highest BCUT2D eigenvalue weighted by Gasteiger charge is 2.15. The largest absolute Gasteiger partial charge is 0.496 e. The topological polar surface area (TPSA) is 51.5 Å². The number of benzene rings is 3. The molecule has 1 aromatic heterocycles. The number of furan rings is 1. The Labute approximate surface area is 195 Å². The van der Waals surface area contributed by atoms with E-state index in [1.807, 2.05) is 25.1 Å². The van der Waals surface area contributed by atoms with E-state index in [9.17, 15) is 4.79 Å². The van der Waals surface area contributed by atoms with E-state index < -0.39 is 0 Å². The maximum absolute atomic E-state index is 12.4. The number of allylic oxidation sites excluding steroid dienone is 1. The molecule has 3 aromatic carbocycles. The summed E-state index contributed by atoms with van der Waals surface area (Å²) in [6, 6.07) is 18.7. The fourth-order valence-corrected chi connectivity index (χ4v) is 4.20. The highest BCUT2D eigenvalue weighted by atomic mass is 16.5. The number of carbonyl (C=O) groups excluding carboxylic acids is 1. The van der Waals surface area contributed by atoms with Crippen molar-refractivity contribution in [3.8, 4) is 16.9 Å². The minimum Gasteiger partial charge on any atom is -0.496 e. The minimum atomic E-state index is -0.0758. The van der Waals surface area contributed by atoms with Gasteiger partial charge in [0.1, 0.15) is 11.3 Å². The zero-order valence-electron chi connectivity index (χ0n) is 19.6. The van der Waals surface area contributed by atoms with Crippen LogP contribution in [0.25, 0.3) is 38.4 Å². The molecule has 4 heteroatoms. The van der Waals surface area contributed by atoms with E-state index in [2.05, 4.69) is 48.6 Å². The third kappa shape index (κ3) is 5.11.